The fourth-order valence-corrected chi connectivity index (χ4v) is 2.74. The Hall–Kier alpha value is -1.24. The summed E-state index contributed by atoms with van der Waals surface area (Å²) in [5, 5.41) is 5.37. The van der Waals surface area contributed by atoms with Gasteiger partial charge in [-0.2, -0.15) is 0 Å². The fourth-order valence-electron chi connectivity index (χ4n) is 1.67. The zero-order valence-electron chi connectivity index (χ0n) is 10.4. The summed E-state index contributed by atoms with van der Waals surface area (Å²) in [5.41, 5.74) is 7.80. The Morgan fingerprint density at radius 2 is 2.32 bits per heavy atom. The molecule has 0 unspecified atom stereocenters. The van der Waals surface area contributed by atoms with Crippen LogP contribution in [0.15, 0.2) is 28.1 Å². The van der Waals surface area contributed by atoms with Gasteiger partial charge in [0, 0.05) is 22.1 Å². The molecule has 2 aromatic rings. The van der Waals surface area contributed by atoms with Gasteiger partial charge in [0.2, 0.25) is 0 Å². The van der Waals surface area contributed by atoms with Gasteiger partial charge in [0.1, 0.15) is 10.7 Å². The lowest BCUT2D eigenvalue weighted by Gasteiger charge is -2.09. The van der Waals surface area contributed by atoms with Crippen LogP contribution in [-0.2, 0) is 13.0 Å². The molecule has 0 atom stereocenters. The summed E-state index contributed by atoms with van der Waals surface area (Å²) < 4.78 is 1.00. The fraction of sp³-hybridized carbons (Fsp3) is 0.231. The summed E-state index contributed by atoms with van der Waals surface area (Å²) >= 11 is 4.82. The Bertz CT molecular complexity index is 597. The van der Waals surface area contributed by atoms with Crippen LogP contribution < -0.4 is 11.1 Å². The first kappa shape index (κ1) is 14.2. The topological polar surface area (TPSA) is 68.0 Å². The number of thiazole rings is 1. The van der Waals surface area contributed by atoms with E-state index in [-0.39, 0.29) is 5.91 Å². The molecular formula is C13H14BrN3OS. The van der Waals surface area contributed by atoms with Crippen LogP contribution in [0.2, 0.25) is 0 Å². The van der Waals surface area contributed by atoms with Gasteiger partial charge in [0.25, 0.3) is 5.91 Å². The van der Waals surface area contributed by atoms with Crippen molar-refractivity contribution in [2.45, 2.75) is 19.9 Å². The monoisotopic (exact) mass is 339 g/mol. The zero-order valence-corrected chi connectivity index (χ0v) is 12.8. The van der Waals surface area contributed by atoms with Crippen LogP contribution in [0, 0.1) is 0 Å². The number of nitrogens with two attached hydrogens (primary N) is 1. The van der Waals surface area contributed by atoms with Crippen molar-refractivity contribution in [3.8, 4) is 0 Å². The first-order valence-electron chi connectivity index (χ1n) is 5.88. The largest absolute Gasteiger partial charge is 0.325 e. The summed E-state index contributed by atoms with van der Waals surface area (Å²) in [4.78, 5) is 16.2. The standard InChI is InChI=1S/C13H14BrN3OS/c1-2-8-5-9(14)3-4-10(8)17-13(18)11-7-19-12(6-15)16-11/h3-5,7H,2,6,15H2,1H3,(H,17,18). The lowest BCUT2D eigenvalue weighted by atomic mass is 10.1. The van der Waals surface area contributed by atoms with Crippen LogP contribution in [0.4, 0.5) is 5.69 Å². The second-order valence-corrected chi connectivity index (χ2v) is 5.80. The van der Waals surface area contributed by atoms with E-state index in [1.54, 1.807) is 5.38 Å². The molecule has 2 rings (SSSR count). The first-order valence-corrected chi connectivity index (χ1v) is 7.55. The van der Waals surface area contributed by atoms with Gasteiger partial charge in [-0.15, -0.1) is 11.3 Å². The van der Waals surface area contributed by atoms with Crippen LogP contribution in [0.25, 0.3) is 0 Å². The van der Waals surface area contributed by atoms with Crippen molar-refractivity contribution in [3.05, 3.63) is 44.3 Å². The van der Waals surface area contributed by atoms with Gasteiger partial charge < -0.3 is 11.1 Å². The molecule has 0 aliphatic rings. The average molecular weight is 340 g/mol. The number of aromatic nitrogens is 1. The quantitative estimate of drug-likeness (QED) is 0.898. The van der Waals surface area contributed by atoms with Crippen molar-refractivity contribution < 1.29 is 4.79 Å². The second-order valence-electron chi connectivity index (χ2n) is 3.94. The molecule has 1 amide bonds. The average Bonchev–Trinajstić information content (AvgIpc) is 2.89. The smallest absolute Gasteiger partial charge is 0.275 e. The number of nitrogens with one attached hydrogen (secondary N) is 1. The molecule has 6 heteroatoms. The molecule has 0 fully saturated rings. The Labute approximate surface area is 124 Å². The molecule has 4 nitrogen and oxygen atoms in total. The third kappa shape index (κ3) is 3.40. The second kappa shape index (κ2) is 6.27. The Balaban J connectivity index is 2.18. The number of aryl methyl sites for hydroxylation is 1. The van der Waals surface area contributed by atoms with Crippen molar-refractivity contribution in [3.63, 3.8) is 0 Å². The highest BCUT2D eigenvalue weighted by molar-refractivity contribution is 9.10. The number of halogens is 1. The molecule has 0 aliphatic heterocycles. The minimum absolute atomic E-state index is 0.201. The number of carbonyl (C=O) groups excluding carboxylic acids is 1. The van der Waals surface area contributed by atoms with Crippen molar-refractivity contribution in [2.24, 2.45) is 5.73 Å². The summed E-state index contributed by atoms with van der Waals surface area (Å²) in [6.07, 6.45) is 0.847. The van der Waals surface area contributed by atoms with Crippen LogP contribution in [0.5, 0.6) is 0 Å². The van der Waals surface area contributed by atoms with E-state index in [9.17, 15) is 4.79 Å². The molecule has 0 aliphatic carbocycles. The highest BCUT2D eigenvalue weighted by Crippen LogP contribution is 2.22. The van der Waals surface area contributed by atoms with Gasteiger partial charge >= 0.3 is 0 Å². The van der Waals surface area contributed by atoms with Crippen LogP contribution in [0.1, 0.15) is 28.0 Å². The van der Waals surface area contributed by atoms with E-state index in [4.69, 9.17) is 5.73 Å². The van der Waals surface area contributed by atoms with Crippen LogP contribution in [-0.4, -0.2) is 10.9 Å². The Morgan fingerprint density at radius 1 is 1.53 bits per heavy atom. The van der Waals surface area contributed by atoms with E-state index in [2.05, 4.69) is 26.2 Å². The Morgan fingerprint density at radius 3 is 2.95 bits per heavy atom. The number of anilines is 1. The summed E-state index contributed by atoms with van der Waals surface area (Å²) in [6, 6.07) is 5.79. The molecule has 19 heavy (non-hydrogen) atoms. The number of benzene rings is 1. The molecule has 0 bridgehead atoms. The molecule has 1 heterocycles. The minimum Gasteiger partial charge on any atom is -0.325 e. The highest BCUT2D eigenvalue weighted by Gasteiger charge is 2.12. The van der Waals surface area contributed by atoms with Gasteiger partial charge in [0.05, 0.1) is 0 Å². The van der Waals surface area contributed by atoms with E-state index in [0.717, 1.165) is 27.2 Å². The molecule has 1 aromatic heterocycles. The lowest BCUT2D eigenvalue weighted by molar-refractivity contribution is 0.102. The van der Waals surface area contributed by atoms with E-state index >= 15 is 0 Å². The van der Waals surface area contributed by atoms with Crippen molar-refractivity contribution in [1.29, 1.82) is 0 Å². The molecule has 3 N–H and O–H groups in total. The SMILES string of the molecule is CCc1cc(Br)ccc1NC(=O)c1csc(CN)n1. The molecule has 0 spiro atoms. The predicted octanol–water partition coefficient (Wildman–Crippen LogP) is 3.18. The number of amides is 1. The van der Waals surface area contributed by atoms with Gasteiger partial charge in [0.15, 0.2) is 0 Å². The number of hydrogen-bond acceptors (Lipinski definition) is 4. The number of hydrogen-bond donors (Lipinski definition) is 2. The van der Waals surface area contributed by atoms with Gasteiger partial charge in [-0.25, -0.2) is 4.98 Å². The van der Waals surface area contributed by atoms with Gasteiger partial charge in [-0.05, 0) is 30.2 Å². The van der Waals surface area contributed by atoms with Crippen molar-refractivity contribution in [1.82, 2.24) is 4.98 Å². The maximum absolute atomic E-state index is 12.1. The van der Waals surface area contributed by atoms with Crippen LogP contribution in [0.3, 0.4) is 0 Å². The summed E-state index contributed by atoms with van der Waals surface area (Å²) in [5.74, 6) is -0.201. The third-order valence-corrected chi connectivity index (χ3v) is 4.02. The summed E-state index contributed by atoms with van der Waals surface area (Å²) in [7, 11) is 0. The first-order chi connectivity index (χ1) is 9.13. The number of rotatable bonds is 4. The molecule has 100 valence electrons. The number of nitrogens with zero attached hydrogens (tertiary/aromatic N) is 1. The zero-order chi connectivity index (χ0) is 13.8. The molecular weight excluding hydrogens is 326 g/mol. The van der Waals surface area contributed by atoms with Crippen molar-refractivity contribution in [2.75, 3.05) is 5.32 Å². The Kier molecular flexibility index (Phi) is 4.68. The molecule has 0 radical (unpaired) electrons. The van der Waals surface area contributed by atoms with E-state index in [0.29, 0.717) is 12.2 Å². The van der Waals surface area contributed by atoms with Crippen LogP contribution >= 0.6 is 27.3 Å². The lowest BCUT2D eigenvalue weighted by Crippen LogP contribution is -2.14. The molecule has 1 aromatic carbocycles. The normalized spacial score (nSPS) is 10.5. The van der Waals surface area contributed by atoms with E-state index in [1.807, 2.05) is 25.1 Å². The van der Waals surface area contributed by atoms with Crippen molar-refractivity contribution >= 4 is 38.9 Å². The minimum atomic E-state index is -0.201. The highest BCUT2D eigenvalue weighted by atomic mass is 79.9. The van der Waals surface area contributed by atoms with E-state index < -0.39 is 0 Å². The number of carbonyl (C=O) groups is 1. The molecule has 0 saturated carbocycles. The van der Waals surface area contributed by atoms with Gasteiger partial charge in [-0.1, -0.05) is 22.9 Å². The third-order valence-electron chi connectivity index (χ3n) is 2.66. The maximum Gasteiger partial charge on any atom is 0.275 e. The summed E-state index contributed by atoms with van der Waals surface area (Å²) in [6.45, 7) is 2.41. The molecule has 0 saturated heterocycles. The van der Waals surface area contributed by atoms with E-state index in [1.165, 1.54) is 11.3 Å². The maximum atomic E-state index is 12.1. The predicted molar refractivity (Wildman–Crippen MR) is 81.5 cm³/mol. The van der Waals surface area contributed by atoms with Gasteiger partial charge in [-0.3, -0.25) is 4.79 Å².